The molecule has 27 heavy (non-hydrogen) atoms. The summed E-state index contributed by atoms with van der Waals surface area (Å²) in [7, 11) is 0.334. The molecule has 140 valence electrons. The smallest absolute Gasteiger partial charge is 0.130 e. The highest BCUT2D eigenvalue weighted by molar-refractivity contribution is 7.48. The zero-order valence-electron chi connectivity index (χ0n) is 16.1. The first-order chi connectivity index (χ1) is 13.0. The van der Waals surface area contributed by atoms with E-state index in [-0.39, 0.29) is 11.0 Å². The molecule has 0 spiro atoms. The van der Waals surface area contributed by atoms with Crippen LogP contribution in [0.1, 0.15) is 37.0 Å². The molecule has 3 rings (SSSR count). The molecule has 0 fully saturated rings. The topological polar surface area (TPSA) is 9.23 Å². The molecule has 2 unspecified atom stereocenters. The fourth-order valence-corrected chi connectivity index (χ4v) is 4.70. The monoisotopic (exact) mass is 380 g/mol. The fourth-order valence-electron chi connectivity index (χ4n) is 3.21. The Morgan fingerprint density at radius 3 is 2.33 bits per heavy atom. The van der Waals surface area contributed by atoms with Crippen LogP contribution in [0.3, 0.4) is 0 Å². The number of aryl methyl sites for hydroxylation is 1. The Labute approximate surface area is 163 Å². The number of hydrogen-bond donors (Lipinski definition) is 0. The van der Waals surface area contributed by atoms with E-state index < -0.39 is 0 Å². The first kappa shape index (κ1) is 19.6. The first-order valence-electron chi connectivity index (χ1n) is 9.33. The molecule has 1 nitrogen and oxygen atoms in total. The molecular weight excluding hydrogens is 354 g/mol. The minimum Gasteiger partial charge on any atom is -0.488 e. The molecule has 2 atom stereocenters. The quantitative estimate of drug-likeness (QED) is 0.435. The summed E-state index contributed by atoms with van der Waals surface area (Å²) in [5.74, 6) is 0.796. The minimum absolute atomic E-state index is 0.130. The standard InChI is InChI=1S/C24H26FOP/c1-4-24(3,27-22-16-9-8-15-21(22)25)20-14-10-11-18(2)23(20)26-17-19-12-6-5-7-13-19/h5-16,27H,4,17H2,1-3H3. The average molecular weight is 380 g/mol. The van der Waals surface area contributed by atoms with Gasteiger partial charge in [0.2, 0.25) is 0 Å². The molecule has 0 saturated heterocycles. The van der Waals surface area contributed by atoms with Crippen molar-refractivity contribution < 1.29 is 9.13 Å². The molecule has 0 amide bonds. The van der Waals surface area contributed by atoms with Gasteiger partial charge in [0.25, 0.3) is 0 Å². The van der Waals surface area contributed by atoms with Crippen LogP contribution in [-0.4, -0.2) is 0 Å². The molecule has 0 aliphatic rings. The van der Waals surface area contributed by atoms with Crippen molar-refractivity contribution in [3.8, 4) is 5.75 Å². The van der Waals surface area contributed by atoms with Gasteiger partial charge in [0, 0.05) is 16.0 Å². The number of ether oxygens (including phenoxy) is 1. The van der Waals surface area contributed by atoms with Crippen molar-refractivity contribution in [2.45, 2.75) is 39.0 Å². The van der Waals surface area contributed by atoms with E-state index in [0.717, 1.165) is 34.2 Å². The van der Waals surface area contributed by atoms with E-state index in [9.17, 15) is 4.39 Å². The van der Waals surface area contributed by atoms with Crippen LogP contribution in [0.5, 0.6) is 5.75 Å². The van der Waals surface area contributed by atoms with Gasteiger partial charge in [-0.05, 0) is 30.5 Å². The lowest BCUT2D eigenvalue weighted by atomic mass is 9.94. The molecule has 0 N–H and O–H groups in total. The summed E-state index contributed by atoms with van der Waals surface area (Å²) in [6.45, 7) is 6.98. The second kappa shape index (κ2) is 8.67. The van der Waals surface area contributed by atoms with Crippen LogP contribution in [0.25, 0.3) is 0 Å². The fraction of sp³-hybridized carbons (Fsp3) is 0.250. The predicted molar refractivity (Wildman–Crippen MR) is 114 cm³/mol. The summed E-state index contributed by atoms with van der Waals surface area (Å²) in [6, 6.07) is 23.5. The Balaban J connectivity index is 1.93. The van der Waals surface area contributed by atoms with Crippen LogP contribution >= 0.6 is 8.58 Å². The van der Waals surface area contributed by atoms with Crippen LogP contribution in [0.2, 0.25) is 0 Å². The minimum atomic E-state index is -0.180. The number of halogens is 1. The highest BCUT2D eigenvalue weighted by Gasteiger charge is 2.30. The summed E-state index contributed by atoms with van der Waals surface area (Å²) >= 11 is 0. The van der Waals surface area contributed by atoms with Crippen LogP contribution in [0.15, 0.2) is 72.8 Å². The highest BCUT2D eigenvalue weighted by Crippen LogP contribution is 2.48. The lowest BCUT2D eigenvalue weighted by Gasteiger charge is -2.32. The molecule has 0 aromatic heterocycles. The lowest BCUT2D eigenvalue weighted by molar-refractivity contribution is 0.297. The van der Waals surface area contributed by atoms with E-state index in [2.05, 4.69) is 51.1 Å². The highest BCUT2D eigenvalue weighted by atomic mass is 31.1. The van der Waals surface area contributed by atoms with E-state index in [4.69, 9.17) is 4.74 Å². The zero-order valence-corrected chi connectivity index (χ0v) is 17.1. The Morgan fingerprint density at radius 2 is 1.63 bits per heavy atom. The summed E-state index contributed by atoms with van der Waals surface area (Å²) in [5.41, 5.74) is 3.41. The normalized spacial score (nSPS) is 13.6. The number of para-hydroxylation sites is 1. The van der Waals surface area contributed by atoms with E-state index in [1.165, 1.54) is 0 Å². The average Bonchev–Trinajstić information content (AvgIpc) is 2.69. The van der Waals surface area contributed by atoms with Crippen LogP contribution in [-0.2, 0) is 11.8 Å². The van der Waals surface area contributed by atoms with Gasteiger partial charge in [0.05, 0.1) is 0 Å². The molecule has 0 bridgehead atoms. The Bertz CT molecular complexity index is 894. The third-order valence-electron chi connectivity index (χ3n) is 5.02. The second-order valence-corrected chi connectivity index (χ2v) is 8.91. The summed E-state index contributed by atoms with van der Waals surface area (Å²) < 4.78 is 20.6. The third kappa shape index (κ3) is 4.57. The number of hydrogen-bond acceptors (Lipinski definition) is 1. The van der Waals surface area contributed by atoms with Crippen molar-refractivity contribution in [3.05, 3.63) is 95.3 Å². The predicted octanol–water partition coefficient (Wildman–Crippen LogP) is 6.34. The molecule has 3 aromatic rings. The second-order valence-electron chi connectivity index (χ2n) is 7.02. The van der Waals surface area contributed by atoms with Crippen molar-refractivity contribution in [2.75, 3.05) is 0 Å². The SMILES string of the molecule is CCC(C)(Pc1ccccc1F)c1cccc(C)c1OCc1ccccc1. The Morgan fingerprint density at radius 1 is 0.926 bits per heavy atom. The molecule has 0 radical (unpaired) electrons. The van der Waals surface area contributed by atoms with Crippen molar-refractivity contribution in [1.29, 1.82) is 0 Å². The molecule has 3 heteroatoms. The van der Waals surface area contributed by atoms with Gasteiger partial charge in [-0.3, -0.25) is 0 Å². The third-order valence-corrected chi connectivity index (χ3v) is 6.87. The molecule has 0 saturated carbocycles. The maximum atomic E-state index is 14.3. The van der Waals surface area contributed by atoms with Gasteiger partial charge >= 0.3 is 0 Å². The molecule has 3 aromatic carbocycles. The lowest BCUT2D eigenvalue weighted by Crippen LogP contribution is -2.21. The van der Waals surface area contributed by atoms with Crippen molar-refractivity contribution in [1.82, 2.24) is 0 Å². The van der Waals surface area contributed by atoms with Gasteiger partial charge in [-0.2, -0.15) is 0 Å². The maximum Gasteiger partial charge on any atom is 0.130 e. The van der Waals surface area contributed by atoms with Gasteiger partial charge < -0.3 is 4.74 Å². The first-order valence-corrected chi connectivity index (χ1v) is 10.3. The van der Waals surface area contributed by atoms with E-state index in [0.29, 0.717) is 15.2 Å². The largest absolute Gasteiger partial charge is 0.488 e. The maximum absolute atomic E-state index is 14.3. The number of benzene rings is 3. The van der Waals surface area contributed by atoms with Crippen molar-refractivity contribution in [3.63, 3.8) is 0 Å². The number of rotatable bonds is 7. The van der Waals surface area contributed by atoms with Gasteiger partial charge in [-0.1, -0.05) is 89.2 Å². The Kier molecular flexibility index (Phi) is 6.29. The summed E-state index contributed by atoms with van der Waals surface area (Å²) in [5, 5.41) is 0.595. The Hall–Kier alpha value is -2.18. The molecule has 0 heterocycles. The van der Waals surface area contributed by atoms with Gasteiger partial charge in [-0.15, -0.1) is 0 Å². The molecule has 0 aliphatic heterocycles. The van der Waals surface area contributed by atoms with E-state index in [1.54, 1.807) is 12.1 Å². The summed E-state index contributed by atoms with van der Waals surface area (Å²) in [4.78, 5) is 0. The van der Waals surface area contributed by atoms with E-state index >= 15 is 0 Å². The summed E-state index contributed by atoms with van der Waals surface area (Å²) in [6.07, 6.45) is 0.908. The van der Waals surface area contributed by atoms with Crippen LogP contribution in [0, 0.1) is 12.7 Å². The molecular formula is C24H26FOP. The van der Waals surface area contributed by atoms with Crippen LogP contribution < -0.4 is 10.0 Å². The van der Waals surface area contributed by atoms with Crippen molar-refractivity contribution in [2.24, 2.45) is 0 Å². The van der Waals surface area contributed by atoms with Gasteiger partial charge in [0.15, 0.2) is 0 Å². The van der Waals surface area contributed by atoms with Crippen molar-refractivity contribution >= 4 is 13.9 Å². The van der Waals surface area contributed by atoms with Crippen LogP contribution in [0.4, 0.5) is 4.39 Å². The van der Waals surface area contributed by atoms with Gasteiger partial charge in [-0.25, -0.2) is 4.39 Å². The van der Waals surface area contributed by atoms with E-state index in [1.807, 2.05) is 30.3 Å². The van der Waals surface area contributed by atoms with Gasteiger partial charge in [0.1, 0.15) is 18.2 Å². The molecule has 0 aliphatic carbocycles. The zero-order chi connectivity index (χ0) is 19.3.